The van der Waals surface area contributed by atoms with Crippen molar-refractivity contribution in [1.82, 2.24) is 20.1 Å². The van der Waals surface area contributed by atoms with Crippen molar-refractivity contribution in [3.63, 3.8) is 0 Å². The van der Waals surface area contributed by atoms with Crippen LogP contribution in [0.25, 0.3) is 0 Å². The number of rotatable bonds is 14. The lowest BCUT2D eigenvalue weighted by Gasteiger charge is -2.23. The van der Waals surface area contributed by atoms with E-state index in [4.69, 9.17) is 9.47 Å². The van der Waals surface area contributed by atoms with Gasteiger partial charge in [0.25, 0.3) is 5.91 Å². The first-order valence-corrected chi connectivity index (χ1v) is 12.5. The van der Waals surface area contributed by atoms with Gasteiger partial charge in [-0.1, -0.05) is 6.07 Å². The number of carbonyl (C=O) groups excluding carboxylic acids is 2. The maximum absolute atomic E-state index is 13.1. The molecule has 1 heterocycles. The Morgan fingerprint density at radius 2 is 1.64 bits per heavy atom. The number of pyridine rings is 1. The summed E-state index contributed by atoms with van der Waals surface area (Å²) in [6, 6.07) is 8.81. The summed E-state index contributed by atoms with van der Waals surface area (Å²) in [5.74, 6) is 0.818. The Morgan fingerprint density at radius 1 is 1.00 bits per heavy atom. The van der Waals surface area contributed by atoms with E-state index in [0.717, 1.165) is 6.54 Å². The van der Waals surface area contributed by atoms with E-state index in [-0.39, 0.29) is 30.6 Å². The number of ether oxygens (including phenoxy) is 2. The minimum atomic E-state index is -0.302. The lowest BCUT2D eigenvalue weighted by atomic mass is 10.2. The molecule has 0 saturated carbocycles. The van der Waals surface area contributed by atoms with Crippen LogP contribution in [-0.4, -0.2) is 79.1 Å². The van der Waals surface area contributed by atoms with Crippen LogP contribution in [0.2, 0.25) is 0 Å². The summed E-state index contributed by atoms with van der Waals surface area (Å²) in [5, 5.41) is 6.09. The van der Waals surface area contributed by atoms with Crippen molar-refractivity contribution >= 4 is 17.5 Å². The molecule has 0 bridgehead atoms. The average Bonchev–Trinajstić information content (AvgIpc) is 2.80. The van der Waals surface area contributed by atoms with E-state index < -0.39 is 0 Å². The van der Waals surface area contributed by atoms with E-state index in [0.29, 0.717) is 48.1 Å². The number of hydrogen-bond acceptors (Lipinski definition) is 7. The van der Waals surface area contributed by atoms with Crippen LogP contribution in [-0.2, 0) is 11.3 Å². The van der Waals surface area contributed by atoms with Gasteiger partial charge in [0.15, 0.2) is 0 Å². The normalized spacial score (nSPS) is 11.2. The molecule has 1 aromatic carbocycles. The number of benzene rings is 1. The van der Waals surface area contributed by atoms with Gasteiger partial charge in [-0.05, 0) is 73.0 Å². The fraction of sp³-hybridized carbons (Fsp3) is 0.519. The summed E-state index contributed by atoms with van der Waals surface area (Å²) in [4.78, 5) is 33.9. The number of nitrogens with one attached hydrogen (secondary N) is 2. The predicted molar refractivity (Wildman–Crippen MR) is 143 cm³/mol. The van der Waals surface area contributed by atoms with E-state index >= 15 is 0 Å². The molecule has 0 aliphatic rings. The minimum absolute atomic E-state index is 0.0349. The highest BCUT2D eigenvalue weighted by atomic mass is 16.5. The number of nitrogens with zero attached hydrogens (tertiary/aromatic N) is 3. The second-order valence-corrected chi connectivity index (χ2v) is 9.33. The van der Waals surface area contributed by atoms with Gasteiger partial charge in [-0.3, -0.25) is 14.6 Å². The Morgan fingerprint density at radius 3 is 2.19 bits per heavy atom. The van der Waals surface area contributed by atoms with E-state index in [1.54, 1.807) is 30.5 Å². The summed E-state index contributed by atoms with van der Waals surface area (Å²) in [6.45, 7) is 12.4. The highest BCUT2D eigenvalue weighted by Crippen LogP contribution is 2.36. The van der Waals surface area contributed by atoms with Gasteiger partial charge < -0.3 is 29.9 Å². The largest absolute Gasteiger partial charge is 0.489 e. The number of anilines is 1. The van der Waals surface area contributed by atoms with Gasteiger partial charge in [0, 0.05) is 37.9 Å². The van der Waals surface area contributed by atoms with Gasteiger partial charge in [-0.2, -0.15) is 0 Å². The van der Waals surface area contributed by atoms with Crippen molar-refractivity contribution in [2.75, 3.05) is 45.6 Å². The zero-order valence-electron chi connectivity index (χ0n) is 22.6. The number of hydrogen-bond donors (Lipinski definition) is 2. The Hall–Kier alpha value is -3.17. The van der Waals surface area contributed by atoms with Crippen LogP contribution in [0.3, 0.4) is 0 Å². The molecule has 198 valence electrons. The van der Waals surface area contributed by atoms with Crippen LogP contribution >= 0.6 is 0 Å². The van der Waals surface area contributed by atoms with Crippen LogP contribution in [0, 0.1) is 0 Å². The maximum Gasteiger partial charge on any atom is 0.255 e. The van der Waals surface area contributed by atoms with Crippen molar-refractivity contribution < 1.29 is 19.1 Å². The highest BCUT2D eigenvalue weighted by Gasteiger charge is 2.18. The molecule has 0 fully saturated rings. The molecule has 2 amide bonds. The number of amides is 2. The molecule has 0 atom stereocenters. The van der Waals surface area contributed by atoms with Gasteiger partial charge in [-0.25, -0.2) is 0 Å². The molecule has 1 aromatic heterocycles. The fourth-order valence-corrected chi connectivity index (χ4v) is 3.43. The third-order valence-electron chi connectivity index (χ3n) is 5.16. The number of carbonyl (C=O) groups is 2. The van der Waals surface area contributed by atoms with E-state index in [1.807, 2.05) is 59.7 Å². The summed E-state index contributed by atoms with van der Waals surface area (Å²) < 4.78 is 11.8. The molecule has 0 aliphatic heterocycles. The molecule has 2 aromatic rings. The zero-order chi connectivity index (χ0) is 26.7. The quantitative estimate of drug-likeness (QED) is 0.411. The topological polar surface area (TPSA) is 96.0 Å². The summed E-state index contributed by atoms with van der Waals surface area (Å²) in [6.07, 6.45) is 1.45. The van der Waals surface area contributed by atoms with Crippen molar-refractivity contribution in [3.05, 3.63) is 47.8 Å². The average molecular weight is 500 g/mol. The number of para-hydroxylation sites is 1. The van der Waals surface area contributed by atoms with Gasteiger partial charge in [0.2, 0.25) is 5.91 Å². The van der Waals surface area contributed by atoms with Gasteiger partial charge in [0.1, 0.15) is 17.2 Å². The highest BCUT2D eigenvalue weighted by molar-refractivity contribution is 6.06. The molecule has 0 radical (unpaired) electrons. The molecule has 36 heavy (non-hydrogen) atoms. The predicted octanol–water partition coefficient (Wildman–Crippen LogP) is 3.41. The lowest BCUT2D eigenvalue weighted by molar-refractivity contribution is -0.130. The summed E-state index contributed by atoms with van der Waals surface area (Å²) in [5.41, 5.74) is 1.60. The Kier molecular flexibility index (Phi) is 11.6. The summed E-state index contributed by atoms with van der Waals surface area (Å²) >= 11 is 0. The molecule has 2 rings (SSSR count). The Balaban J connectivity index is 2.07. The molecule has 0 saturated heterocycles. The molecule has 0 spiro atoms. The molecular formula is C27H41N5O4. The van der Waals surface area contributed by atoms with Crippen LogP contribution in [0.5, 0.6) is 11.5 Å². The van der Waals surface area contributed by atoms with Crippen molar-refractivity contribution in [2.24, 2.45) is 0 Å². The Labute approximate surface area is 215 Å². The monoisotopic (exact) mass is 499 g/mol. The molecule has 2 N–H and O–H groups in total. The van der Waals surface area contributed by atoms with Crippen LogP contribution < -0.4 is 20.1 Å². The van der Waals surface area contributed by atoms with E-state index in [9.17, 15) is 9.59 Å². The first-order valence-electron chi connectivity index (χ1n) is 12.5. The lowest BCUT2D eigenvalue weighted by Crippen LogP contribution is -2.41. The van der Waals surface area contributed by atoms with Crippen molar-refractivity contribution in [1.29, 1.82) is 0 Å². The van der Waals surface area contributed by atoms with E-state index in [1.165, 1.54) is 0 Å². The zero-order valence-corrected chi connectivity index (χ0v) is 22.6. The molecule has 9 nitrogen and oxygen atoms in total. The number of likely N-dealkylation sites (N-methyl/N-ethyl adjacent to an activating group) is 2. The fourth-order valence-electron chi connectivity index (χ4n) is 3.43. The maximum atomic E-state index is 13.1. The van der Waals surface area contributed by atoms with Crippen molar-refractivity contribution in [3.8, 4) is 11.5 Å². The molecule has 0 unspecified atom stereocenters. The molecule has 0 aliphatic carbocycles. The van der Waals surface area contributed by atoms with Gasteiger partial charge in [-0.15, -0.1) is 0 Å². The van der Waals surface area contributed by atoms with Gasteiger partial charge in [0.05, 0.1) is 24.4 Å². The minimum Gasteiger partial charge on any atom is -0.489 e. The smallest absolute Gasteiger partial charge is 0.255 e. The number of aromatic nitrogens is 1. The second-order valence-electron chi connectivity index (χ2n) is 9.33. The van der Waals surface area contributed by atoms with Crippen LogP contribution in [0.4, 0.5) is 5.69 Å². The first kappa shape index (κ1) is 29.1. The van der Waals surface area contributed by atoms with Crippen LogP contribution in [0.1, 0.15) is 50.7 Å². The summed E-state index contributed by atoms with van der Waals surface area (Å²) in [7, 11) is 3.97. The Bertz CT molecular complexity index is 966. The second kappa shape index (κ2) is 14.4. The first-order chi connectivity index (χ1) is 17.1. The molecule has 9 heteroatoms. The molecular weight excluding hydrogens is 458 g/mol. The van der Waals surface area contributed by atoms with Crippen molar-refractivity contribution in [2.45, 2.75) is 53.4 Å². The van der Waals surface area contributed by atoms with Crippen LogP contribution in [0.15, 0.2) is 36.5 Å². The van der Waals surface area contributed by atoms with E-state index in [2.05, 4.69) is 20.5 Å². The van der Waals surface area contributed by atoms with Gasteiger partial charge >= 0.3 is 0 Å². The SMILES string of the molecule is CCN(CCN(C)C)C(=O)CNCc1cc(C(=O)Nc2c(OC(C)C)cccc2OC(C)C)ccn1. The third-order valence-corrected chi connectivity index (χ3v) is 5.16. The third kappa shape index (κ3) is 9.47. The standard InChI is InChI=1S/C27H41N5O4/c1-8-32(15-14-31(6)7)25(33)18-28-17-22-16-21(12-13-29-22)27(34)30-26-23(35-19(2)3)10-9-11-24(26)36-20(4)5/h9-13,16,19-20,28H,8,14-15,17-18H2,1-7H3,(H,30,34).